The minimum absolute atomic E-state index is 0.141. The lowest BCUT2D eigenvalue weighted by Gasteiger charge is -2.43. The van der Waals surface area contributed by atoms with Gasteiger partial charge in [-0.1, -0.05) is 30.3 Å². The van der Waals surface area contributed by atoms with Crippen LogP contribution in [0.4, 0.5) is 0 Å². The summed E-state index contributed by atoms with van der Waals surface area (Å²) in [6, 6.07) is 10.9. The number of rotatable bonds is 3. The van der Waals surface area contributed by atoms with E-state index in [1.54, 1.807) is 6.20 Å². The summed E-state index contributed by atoms with van der Waals surface area (Å²) in [5.74, 6) is 0.741. The van der Waals surface area contributed by atoms with E-state index in [1.165, 1.54) is 12.0 Å². The number of hydrogen-bond donors (Lipinski definition) is 0. The molecule has 3 heterocycles. The molecule has 1 amide bonds. The highest BCUT2D eigenvalue weighted by Gasteiger charge is 2.46. The first-order valence-corrected chi connectivity index (χ1v) is 10.1. The van der Waals surface area contributed by atoms with Gasteiger partial charge in [0.15, 0.2) is 0 Å². The van der Waals surface area contributed by atoms with E-state index in [9.17, 15) is 4.79 Å². The second-order valence-electron chi connectivity index (χ2n) is 8.17. The summed E-state index contributed by atoms with van der Waals surface area (Å²) in [6.45, 7) is 7.62. The van der Waals surface area contributed by atoms with Crippen LogP contribution in [0.15, 0.2) is 36.5 Å². The lowest BCUT2D eigenvalue weighted by Crippen LogP contribution is -2.52. The van der Waals surface area contributed by atoms with Gasteiger partial charge in [0.2, 0.25) is 0 Å². The van der Waals surface area contributed by atoms with E-state index in [4.69, 9.17) is 0 Å². The molecule has 5 nitrogen and oxygen atoms in total. The Labute approximate surface area is 162 Å². The number of piperidine rings is 1. The fourth-order valence-corrected chi connectivity index (χ4v) is 5.01. The maximum absolute atomic E-state index is 13.0. The van der Waals surface area contributed by atoms with Crippen molar-refractivity contribution in [3.05, 3.63) is 53.3 Å². The van der Waals surface area contributed by atoms with Gasteiger partial charge in [0, 0.05) is 37.4 Å². The Morgan fingerprint density at radius 3 is 2.56 bits per heavy atom. The summed E-state index contributed by atoms with van der Waals surface area (Å²) >= 11 is 0. The molecule has 1 unspecified atom stereocenters. The number of benzene rings is 1. The summed E-state index contributed by atoms with van der Waals surface area (Å²) in [4.78, 5) is 17.6. The Kier molecular flexibility index (Phi) is 4.81. The number of aryl methyl sites for hydroxylation is 1. The molecule has 1 aromatic heterocycles. The lowest BCUT2D eigenvalue weighted by atomic mass is 9.81. The van der Waals surface area contributed by atoms with Crippen LogP contribution < -0.4 is 0 Å². The van der Waals surface area contributed by atoms with Crippen molar-refractivity contribution < 1.29 is 4.79 Å². The van der Waals surface area contributed by atoms with Crippen LogP contribution in [-0.2, 0) is 6.54 Å². The second kappa shape index (κ2) is 7.12. The van der Waals surface area contributed by atoms with Gasteiger partial charge in [-0.2, -0.15) is 5.10 Å². The van der Waals surface area contributed by atoms with Crippen LogP contribution >= 0.6 is 0 Å². The fourth-order valence-electron chi connectivity index (χ4n) is 5.01. The smallest absolute Gasteiger partial charge is 0.257 e. The normalized spacial score (nSPS) is 22.5. The summed E-state index contributed by atoms with van der Waals surface area (Å²) in [6.07, 6.45) is 5.04. The van der Waals surface area contributed by atoms with Crippen LogP contribution in [0, 0.1) is 6.92 Å². The number of carbonyl (C=O) groups excluding carboxylic acids is 1. The predicted octanol–water partition coefficient (Wildman–Crippen LogP) is 3.31. The van der Waals surface area contributed by atoms with Gasteiger partial charge in [-0.3, -0.25) is 14.4 Å². The van der Waals surface area contributed by atoms with Crippen LogP contribution in [0.3, 0.4) is 0 Å². The molecule has 2 fully saturated rings. The van der Waals surface area contributed by atoms with E-state index in [0.29, 0.717) is 5.92 Å². The molecule has 0 saturated carbocycles. The third-order valence-corrected chi connectivity index (χ3v) is 6.82. The zero-order valence-electron chi connectivity index (χ0n) is 16.7. The van der Waals surface area contributed by atoms with Gasteiger partial charge in [-0.25, -0.2) is 0 Å². The average molecular weight is 367 g/mol. The van der Waals surface area contributed by atoms with Gasteiger partial charge < -0.3 is 4.90 Å². The standard InChI is InChI=1S/C22H30N4O/c1-4-26-17(2)20(15-23-26)21(27)25-12-10-22(11-13-25)14-19(16-24(22)3)18-8-6-5-7-9-18/h5-9,15,19H,4,10-14,16H2,1-3H3. The molecular formula is C22H30N4O. The van der Waals surface area contributed by atoms with E-state index in [-0.39, 0.29) is 11.4 Å². The molecule has 2 aliphatic rings. The van der Waals surface area contributed by atoms with Crippen molar-refractivity contribution in [1.29, 1.82) is 0 Å². The third kappa shape index (κ3) is 3.18. The van der Waals surface area contributed by atoms with Crippen molar-refractivity contribution in [3.8, 4) is 0 Å². The fraction of sp³-hybridized carbons (Fsp3) is 0.545. The summed E-state index contributed by atoms with van der Waals surface area (Å²) in [5.41, 5.74) is 3.42. The Morgan fingerprint density at radius 1 is 1.22 bits per heavy atom. The second-order valence-corrected chi connectivity index (χ2v) is 8.17. The van der Waals surface area contributed by atoms with Gasteiger partial charge in [0.1, 0.15) is 0 Å². The molecule has 0 radical (unpaired) electrons. The van der Waals surface area contributed by atoms with Crippen LogP contribution in [0.5, 0.6) is 0 Å². The Hall–Kier alpha value is -2.14. The zero-order valence-corrected chi connectivity index (χ0v) is 16.7. The first-order valence-electron chi connectivity index (χ1n) is 10.1. The predicted molar refractivity (Wildman–Crippen MR) is 107 cm³/mol. The molecule has 0 N–H and O–H groups in total. The monoisotopic (exact) mass is 366 g/mol. The number of likely N-dealkylation sites (tertiary alicyclic amines) is 2. The Morgan fingerprint density at radius 2 is 1.93 bits per heavy atom. The van der Waals surface area contributed by atoms with E-state index in [1.807, 2.05) is 16.5 Å². The van der Waals surface area contributed by atoms with Gasteiger partial charge in [0.25, 0.3) is 5.91 Å². The van der Waals surface area contributed by atoms with Crippen LogP contribution in [0.2, 0.25) is 0 Å². The zero-order chi connectivity index (χ0) is 19.0. The molecule has 27 heavy (non-hydrogen) atoms. The van der Waals surface area contributed by atoms with Crippen molar-refractivity contribution in [1.82, 2.24) is 19.6 Å². The summed E-state index contributed by atoms with van der Waals surface area (Å²) < 4.78 is 1.90. The summed E-state index contributed by atoms with van der Waals surface area (Å²) in [7, 11) is 2.26. The quantitative estimate of drug-likeness (QED) is 0.837. The van der Waals surface area contributed by atoms with Crippen molar-refractivity contribution in [3.63, 3.8) is 0 Å². The van der Waals surface area contributed by atoms with E-state index >= 15 is 0 Å². The van der Waals surface area contributed by atoms with E-state index in [2.05, 4.69) is 54.3 Å². The molecule has 0 aliphatic carbocycles. The van der Waals surface area contributed by atoms with Gasteiger partial charge in [-0.15, -0.1) is 0 Å². The van der Waals surface area contributed by atoms with Crippen LogP contribution in [0.25, 0.3) is 0 Å². The van der Waals surface area contributed by atoms with Crippen LogP contribution in [0.1, 0.15) is 53.7 Å². The number of aromatic nitrogens is 2. The molecular weight excluding hydrogens is 336 g/mol. The molecule has 5 heteroatoms. The maximum Gasteiger partial charge on any atom is 0.257 e. The minimum Gasteiger partial charge on any atom is -0.338 e. The van der Waals surface area contributed by atoms with E-state index in [0.717, 1.165) is 50.3 Å². The summed E-state index contributed by atoms with van der Waals surface area (Å²) in [5, 5.41) is 4.34. The van der Waals surface area contributed by atoms with Crippen molar-refractivity contribution in [2.24, 2.45) is 0 Å². The van der Waals surface area contributed by atoms with Gasteiger partial charge >= 0.3 is 0 Å². The minimum atomic E-state index is 0.141. The lowest BCUT2D eigenvalue weighted by molar-refractivity contribution is 0.0491. The molecule has 4 rings (SSSR count). The molecule has 2 saturated heterocycles. The molecule has 1 aromatic carbocycles. The number of nitrogens with zero attached hydrogens (tertiary/aromatic N) is 4. The van der Waals surface area contributed by atoms with Gasteiger partial charge in [0.05, 0.1) is 11.8 Å². The highest BCUT2D eigenvalue weighted by molar-refractivity contribution is 5.95. The number of hydrogen-bond acceptors (Lipinski definition) is 3. The number of amides is 1. The Balaban J connectivity index is 1.44. The largest absolute Gasteiger partial charge is 0.338 e. The van der Waals surface area contributed by atoms with Gasteiger partial charge in [-0.05, 0) is 51.6 Å². The van der Waals surface area contributed by atoms with Crippen molar-refractivity contribution >= 4 is 5.91 Å². The molecule has 1 spiro atoms. The molecule has 144 valence electrons. The molecule has 2 aromatic rings. The SMILES string of the molecule is CCn1ncc(C(=O)N2CCC3(CC2)CC(c2ccccc2)CN3C)c1C. The molecule has 0 bridgehead atoms. The third-order valence-electron chi connectivity index (χ3n) is 6.82. The Bertz CT molecular complexity index is 805. The van der Waals surface area contributed by atoms with E-state index < -0.39 is 0 Å². The van der Waals surface area contributed by atoms with Crippen molar-refractivity contribution in [2.75, 3.05) is 26.7 Å². The average Bonchev–Trinajstić information content (AvgIpc) is 3.23. The molecule has 2 aliphatic heterocycles. The number of carbonyl (C=O) groups is 1. The maximum atomic E-state index is 13.0. The highest BCUT2D eigenvalue weighted by atomic mass is 16.2. The van der Waals surface area contributed by atoms with Crippen molar-refractivity contribution in [2.45, 2.75) is 51.1 Å². The number of likely N-dealkylation sites (N-methyl/N-ethyl adjacent to an activating group) is 1. The molecule has 1 atom stereocenters. The first-order chi connectivity index (χ1) is 13.0. The topological polar surface area (TPSA) is 41.4 Å². The first kappa shape index (κ1) is 18.2. The highest BCUT2D eigenvalue weighted by Crippen LogP contribution is 2.44. The van der Waals surface area contributed by atoms with Crippen LogP contribution in [-0.4, -0.2) is 57.7 Å².